The topological polar surface area (TPSA) is 56.9 Å². The van der Waals surface area contributed by atoms with Crippen molar-refractivity contribution < 1.29 is 4.79 Å². The van der Waals surface area contributed by atoms with E-state index in [1.54, 1.807) is 0 Å². The third-order valence-electron chi connectivity index (χ3n) is 4.82. The fourth-order valence-electron chi connectivity index (χ4n) is 3.14. The fourth-order valence-corrected chi connectivity index (χ4v) is 3.14. The minimum absolute atomic E-state index is 0.165. The van der Waals surface area contributed by atoms with Crippen LogP contribution in [0.25, 0.3) is 16.5 Å². The number of H-pyrrole nitrogens is 1. The van der Waals surface area contributed by atoms with Gasteiger partial charge in [-0.3, -0.25) is 0 Å². The number of urea groups is 1. The second kappa shape index (κ2) is 7.70. The molecule has 27 heavy (non-hydrogen) atoms. The zero-order valence-electron chi connectivity index (χ0n) is 16.2. The summed E-state index contributed by atoms with van der Waals surface area (Å²) in [5, 5.41) is 7.22. The predicted molar refractivity (Wildman–Crippen MR) is 113 cm³/mol. The summed E-state index contributed by atoms with van der Waals surface area (Å²) in [5.74, 6) is 0. The molecule has 0 saturated carbocycles. The molecule has 2 aromatic carbocycles. The van der Waals surface area contributed by atoms with Crippen LogP contribution in [0.2, 0.25) is 0 Å². The largest absolute Gasteiger partial charge is 0.361 e. The van der Waals surface area contributed by atoms with Gasteiger partial charge in [0.2, 0.25) is 0 Å². The minimum Gasteiger partial charge on any atom is -0.361 e. The molecule has 2 amide bonds. The van der Waals surface area contributed by atoms with Crippen molar-refractivity contribution in [3.8, 4) is 0 Å². The maximum absolute atomic E-state index is 12.4. The van der Waals surface area contributed by atoms with Crippen molar-refractivity contribution in [1.82, 2.24) is 15.6 Å². The number of nitrogens with one attached hydrogen (secondary N) is 3. The van der Waals surface area contributed by atoms with Crippen molar-refractivity contribution in [3.63, 3.8) is 0 Å². The Bertz CT molecular complexity index is 968. The molecular formula is C23H27N3O. The van der Waals surface area contributed by atoms with Gasteiger partial charge in [0.15, 0.2) is 0 Å². The molecule has 0 saturated heterocycles. The standard InChI is InChI=1S/C23H27N3O/c1-16(2)19-6-5-7-20(15-19)23(3,4)26-22(27)25-12-10-17-8-9-18-11-13-24-21(18)14-17/h5-9,11,13-15,24H,1,10,12H2,2-4H3,(H2,25,26,27). The average Bonchev–Trinajstić information content (AvgIpc) is 3.09. The Morgan fingerprint density at radius 1 is 1.15 bits per heavy atom. The van der Waals surface area contributed by atoms with E-state index in [1.807, 2.05) is 45.2 Å². The summed E-state index contributed by atoms with van der Waals surface area (Å²) in [7, 11) is 0. The molecule has 0 aliphatic carbocycles. The molecule has 0 unspecified atom stereocenters. The first-order chi connectivity index (χ1) is 12.8. The quantitative estimate of drug-likeness (QED) is 0.570. The zero-order chi connectivity index (χ0) is 19.4. The van der Waals surface area contributed by atoms with Gasteiger partial charge in [0.1, 0.15) is 0 Å². The molecule has 0 spiro atoms. The van der Waals surface area contributed by atoms with Crippen LogP contribution in [0, 0.1) is 0 Å². The molecule has 0 radical (unpaired) electrons. The van der Waals surface area contributed by atoms with Crippen LogP contribution >= 0.6 is 0 Å². The molecule has 0 aliphatic heterocycles. The maximum Gasteiger partial charge on any atom is 0.315 e. The van der Waals surface area contributed by atoms with Gasteiger partial charge in [-0.05, 0) is 67.5 Å². The molecular weight excluding hydrogens is 334 g/mol. The number of carbonyl (C=O) groups is 1. The molecule has 4 nitrogen and oxygen atoms in total. The number of allylic oxidation sites excluding steroid dienone is 1. The number of fused-ring (bicyclic) bond motifs is 1. The van der Waals surface area contributed by atoms with E-state index < -0.39 is 5.54 Å². The molecule has 4 heteroatoms. The number of benzene rings is 2. The van der Waals surface area contributed by atoms with Gasteiger partial charge in [-0.15, -0.1) is 0 Å². The lowest BCUT2D eigenvalue weighted by atomic mass is 9.92. The van der Waals surface area contributed by atoms with E-state index in [2.05, 4.69) is 52.5 Å². The Morgan fingerprint density at radius 2 is 1.96 bits per heavy atom. The van der Waals surface area contributed by atoms with Crippen molar-refractivity contribution >= 4 is 22.5 Å². The summed E-state index contributed by atoms with van der Waals surface area (Å²) >= 11 is 0. The predicted octanol–water partition coefficient (Wildman–Crippen LogP) is 4.98. The molecule has 3 aromatic rings. The summed E-state index contributed by atoms with van der Waals surface area (Å²) in [6.07, 6.45) is 2.72. The molecule has 0 aliphatic rings. The highest BCUT2D eigenvalue weighted by atomic mass is 16.2. The highest BCUT2D eigenvalue weighted by molar-refractivity contribution is 5.80. The van der Waals surface area contributed by atoms with Crippen LogP contribution in [-0.4, -0.2) is 17.6 Å². The second-order valence-corrected chi connectivity index (χ2v) is 7.52. The highest BCUT2D eigenvalue weighted by Crippen LogP contribution is 2.23. The Labute approximate surface area is 160 Å². The van der Waals surface area contributed by atoms with E-state index in [0.717, 1.165) is 28.6 Å². The molecule has 1 heterocycles. The Hall–Kier alpha value is -3.01. The molecule has 0 bridgehead atoms. The summed E-state index contributed by atoms with van der Waals surface area (Å²) in [6.45, 7) is 10.6. The van der Waals surface area contributed by atoms with E-state index in [4.69, 9.17) is 0 Å². The molecule has 0 atom stereocenters. The summed E-state index contributed by atoms with van der Waals surface area (Å²) < 4.78 is 0. The maximum atomic E-state index is 12.4. The van der Waals surface area contributed by atoms with Gasteiger partial charge in [0, 0.05) is 18.3 Å². The number of aromatic amines is 1. The first-order valence-electron chi connectivity index (χ1n) is 9.23. The van der Waals surface area contributed by atoms with Crippen LogP contribution < -0.4 is 10.6 Å². The molecule has 3 rings (SSSR count). The van der Waals surface area contributed by atoms with Gasteiger partial charge in [0.05, 0.1) is 5.54 Å². The molecule has 0 fully saturated rings. The Morgan fingerprint density at radius 3 is 2.74 bits per heavy atom. The van der Waals surface area contributed by atoms with Gasteiger partial charge < -0.3 is 15.6 Å². The monoisotopic (exact) mass is 361 g/mol. The number of hydrogen-bond donors (Lipinski definition) is 3. The van der Waals surface area contributed by atoms with Crippen LogP contribution in [0.4, 0.5) is 4.79 Å². The van der Waals surface area contributed by atoms with Crippen LogP contribution in [-0.2, 0) is 12.0 Å². The summed E-state index contributed by atoms with van der Waals surface area (Å²) in [5.41, 5.74) is 4.99. The van der Waals surface area contributed by atoms with E-state index in [1.165, 1.54) is 10.9 Å². The first kappa shape index (κ1) is 18.8. The Kier molecular flexibility index (Phi) is 5.36. The molecule has 3 N–H and O–H groups in total. The number of carbonyl (C=O) groups excluding carboxylic acids is 1. The minimum atomic E-state index is -0.474. The lowest BCUT2D eigenvalue weighted by molar-refractivity contribution is 0.230. The van der Waals surface area contributed by atoms with Crippen molar-refractivity contribution in [3.05, 3.63) is 78.0 Å². The SMILES string of the molecule is C=C(C)c1cccc(C(C)(C)NC(=O)NCCc2ccc3cc[nH]c3c2)c1. The number of amides is 2. The first-order valence-corrected chi connectivity index (χ1v) is 9.23. The fraction of sp³-hybridized carbons (Fsp3) is 0.261. The van der Waals surface area contributed by atoms with Gasteiger partial charge in [-0.2, -0.15) is 0 Å². The molecule has 140 valence electrons. The van der Waals surface area contributed by atoms with Gasteiger partial charge in [-0.1, -0.05) is 42.5 Å². The van der Waals surface area contributed by atoms with Crippen molar-refractivity contribution in [2.75, 3.05) is 6.54 Å². The van der Waals surface area contributed by atoms with E-state index >= 15 is 0 Å². The second-order valence-electron chi connectivity index (χ2n) is 7.52. The lowest BCUT2D eigenvalue weighted by Crippen LogP contribution is -2.46. The third kappa shape index (κ3) is 4.59. The highest BCUT2D eigenvalue weighted by Gasteiger charge is 2.23. The zero-order valence-corrected chi connectivity index (χ0v) is 16.2. The number of hydrogen-bond acceptors (Lipinski definition) is 1. The van der Waals surface area contributed by atoms with Crippen LogP contribution in [0.3, 0.4) is 0 Å². The molecule has 1 aromatic heterocycles. The van der Waals surface area contributed by atoms with Crippen molar-refractivity contribution in [2.24, 2.45) is 0 Å². The Balaban J connectivity index is 1.56. The number of rotatable bonds is 6. The van der Waals surface area contributed by atoms with Crippen molar-refractivity contribution in [2.45, 2.75) is 32.7 Å². The van der Waals surface area contributed by atoms with Crippen LogP contribution in [0.1, 0.15) is 37.5 Å². The smallest absolute Gasteiger partial charge is 0.315 e. The normalized spacial score (nSPS) is 11.4. The van der Waals surface area contributed by atoms with E-state index in [0.29, 0.717) is 6.54 Å². The van der Waals surface area contributed by atoms with Gasteiger partial charge in [0.25, 0.3) is 0 Å². The van der Waals surface area contributed by atoms with Gasteiger partial charge in [-0.25, -0.2) is 4.79 Å². The third-order valence-corrected chi connectivity index (χ3v) is 4.82. The van der Waals surface area contributed by atoms with Gasteiger partial charge >= 0.3 is 6.03 Å². The van der Waals surface area contributed by atoms with Crippen LogP contribution in [0.15, 0.2) is 61.3 Å². The van der Waals surface area contributed by atoms with E-state index in [9.17, 15) is 4.79 Å². The summed E-state index contributed by atoms with van der Waals surface area (Å²) in [6, 6.07) is 16.3. The summed E-state index contributed by atoms with van der Waals surface area (Å²) in [4.78, 5) is 15.6. The van der Waals surface area contributed by atoms with Crippen molar-refractivity contribution in [1.29, 1.82) is 0 Å². The number of aromatic nitrogens is 1. The lowest BCUT2D eigenvalue weighted by Gasteiger charge is -2.27. The van der Waals surface area contributed by atoms with E-state index in [-0.39, 0.29) is 6.03 Å². The van der Waals surface area contributed by atoms with Crippen LogP contribution in [0.5, 0.6) is 0 Å². The average molecular weight is 361 g/mol.